The largest absolute Gasteiger partial charge is 0.480 e. The van der Waals surface area contributed by atoms with Gasteiger partial charge < -0.3 is 10.4 Å². The summed E-state index contributed by atoms with van der Waals surface area (Å²) in [6.45, 7) is 6.82. The molecule has 0 aliphatic heterocycles. The van der Waals surface area contributed by atoms with Crippen molar-refractivity contribution in [2.45, 2.75) is 39.7 Å². The van der Waals surface area contributed by atoms with E-state index in [1.165, 1.54) is 11.1 Å². The van der Waals surface area contributed by atoms with Crippen molar-refractivity contribution in [3.05, 3.63) is 23.3 Å². The zero-order valence-electron chi connectivity index (χ0n) is 10.9. The average molecular weight is 257 g/mol. The van der Waals surface area contributed by atoms with Crippen LogP contribution < -0.4 is 5.32 Å². The molecular formula is C13H23NO2S. The van der Waals surface area contributed by atoms with Crippen molar-refractivity contribution in [3.63, 3.8) is 0 Å². The summed E-state index contributed by atoms with van der Waals surface area (Å²) in [6.07, 6.45) is 6.31. The molecule has 1 atom stereocenters. The molecule has 0 aliphatic rings. The molecule has 0 aromatic heterocycles. The zero-order valence-corrected chi connectivity index (χ0v) is 11.8. The van der Waals surface area contributed by atoms with E-state index < -0.39 is 12.0 Å². The molecule has 0 unspecified atom stereocenters. The summed E-state index contributed by atoms with van der Waals surface area (Å²) in [4.78, 5) is 10.7. The van der Waals surface area contributed by atoms with E-state index in [1.807, 2.05) is 6.08 Å². The van der Waals surface area contributed by atoms with Crippen molar-refractivity contribution >= 4 is 18.6 Å². The number of hydrogen-bond acceptors (Lipinski definition) is 3. The van der Waals surface area contributed by atoms with Crippen LogP contribution in [0.5, 0.6) is 0 Å². The Balaban J connectivity index is 3.91. The molecule has 0 aromatic rings. The molecule has 0 radical (unpaired) electrons. The van der Waals surface area contributed by atoms with Crippen LogP contribution >= 0.6 is 12.6 Å². The fourth-order valence-electron chi connectivity index (χ4n) is 1.30. The Bertz CT molecular complexity index is 294. The van der Waals surface area contributed by atoms with E-state index in [4.69, 9.17) is 5.11 Å². The topological polar surface area (TPSA) is 49.3 Å². The maximum absolute atomic E-state index is 10.7. The summed E-state index contributed by atoms with van der Waals surface area (Å²) in [5.41, 5.74) is 2.61. The first-order chi connectivity index (χ1) is 7.97. The number of carboxylic acid groups (broad SMARTS) is 1. The Labute approximate surface area is 109 Å². The number of allylic oxidation sites excluding steroid dienone is 3. The molecule has 0 bridgehead atoms. The first-order valence-electron chi connectivity index (χ1n) is 5.83. The number of carbonyl (C=O) groups is 1. The fraction of sp³-hybridized carbons (Fsp3) is 0.615. The predicted molar refractivity (Wildman–Crippen MR) is 75.7 cm³/mol. The Morgan fingerprint density at radius 3 is 2.47 bits per heavy atom. The molecule has 0 spiro atoms. The van der Waals surface area contributed by atoms with Gasteiger partial charge in [-0.05, 0) is 33.6 Å². The predicted octanol–water partition coefficient (Wildman–Crippen LogP) is 2.65. The second-order valence-electron chi connectivity index (χ2n) is 4.35. The molecule has 0 aliphatic carbocycles. The van der Waals surface area contributed by atoms with Gasteiger partial charge in [-0.2, -0.15) is 12.6 Å². The molecule has 3 nitrogen and oxygen atoms in total. The van der Waals surface area contributed by atoms with Crippen LogP contribution in [-0.2, 0) is 4.79 Å². The zero-order chi connectivity index (χ0) is 13.3. The maximum Gasteiger partial charge on any atom is 0.321 e. The van der Waals surface area contributed by atoms with Gasteiger partial charge in [0, 0.05) is 12.3 Å². The minimum absolute atomic E-state index is 0.306. The number of carboxylic acids is 1. The van der Waals surface area contributed by atoms with E-state index in [1.54, 1.807) is 0 Å². The third-order valence-electron chi connectivity index (χ3n) is 2.39. The van der Waals surface area contributed by atoms with Gasteiger partial charge in [0.1, 0.15) is 6.04 Å². The Kier molecular flexibility index (Phi) is 8.90. The first kappa shape index (κ1) is 16.3. The molecule has 17 heavy (non-hydrogen) atoms. The SMILES string of the molecule is CC(C)=CCC/C(C)=C/CN[C@H](CS)C(=O)O. The Morgan fingerprint density at radius 2 is 2.00 bits per heavy atom. The molecule has 0 heterocycles. The van der Waals surface area contributed by atoms with Crippen molar-refractivity contribution in [2.75, 3.05) is 12.3 Å². The van der Waals surface area contributed by atoms with E-state index in [-0.39, 0.29) is 0 Å². The van der Waals surface area contributed by atoms with Crippen LogP contribution in [-0.4, -0.2) is 29.4 Å². The monoisotopic (exact) mass is 257 g/mol. The van der Waals surface area contributed by atoms with E-state index in [0.29, 0.717) is 12.3 Å². The van der Waals surface area contributed by atoms with Gasteiger partial charge in [-0.25, -0.2) is 0 Å². The number of nitrogens with one attached hydrogen (secondary N) is 1. The second kappa shape index (κ2) is 9.31. The van der Waals surface area contributed by atoms with Crippen molar-refractivity contribution < 1.29 is 9.90 Å². The van der Waals surface area contributed by atoms with Gasteiger partial charge in [0.25, 0.3) is 0 Å². The van der Waals surface area contributed by atoms with Crippen molar-refractivity contribution in [3.8, 4) is 0 Å². The van der Waals surface area contributed by atoms with Crippen LogP contribution in [0.4, 0.5) is 0 Å². The minimum Gasteiger partial charge on any atom is -0.480 e. The van der Waals surface area contributed by atoms with E-state index in [9.17, 15) is 4.79 Å². The summed E-state index contributed by atoms with van der Waals surface area (Å²) in [6, 6.07) is -0.569. The van der Waals surface area contributed by atoms with Crippen LogP contribution in [0.15, 0.2) is 23.3 Å². The van der Waals surface area contributed by atoms with Crippen molar-refractivity contribution in [1.82, 2.24) is 5.32 Å². The molecule has 98 valence electrons. The Hall–Kier alpha value is -0.740. The van der Waals surface area contributed by atoms with E-state index in [2.05, 4.69) is 44.8 Å². The number of thiol groups is 1. The second-order valence-corrected chi connectivity index (χ2v) is 4.72. The minimum atomic E-state index is -0.851. The van der Waals surface area contributed by atoms with Gasteiger partial charge in [0.15, 0.2) is 0 Å². The highest BCUT2D eigenvalue weighted by molar-refractivity contribution is 7.80. The standard InChI is InChI=1S/C13H23NO2S/c1-10(2)5-4-6-11(3)7-8-14-12(9-17)13(15)16/h5,7,12,14,17H,4,6,8-9H2,1-3H3,(H,15,16)/b11-7+/t12-/m1/s1. The smallest absolute Gasteiger partial charge is 0.321 e. The first-order valence-corrected chi connectivity index (χ1v) is 6.46. The lowest BCUT2D eigenvalue weighted by Gasteiger charge is -2.09. The van der Waals surface area contributed by atoms with Crippen LogP contribution in [0.1, 0.15) is 33.6 Å². The van der Waals surface area contributed by atoms with Crippen LogP contribution in [0.2, 0.25) is 0 Å². The molecule has 0 aromatic carbocycles. The molecular weight excluding hydrogens is 234 g/mol. The third-order valence-corrected chi connectivity index (χ3v) is 2.75. The van der Waals surface area contributed by atoms with E-state index in [0.717, 1.165) is 12.8 Å². The van der Waals surface area contributed by atoms with Gasteiger partial charge in [0.05, 0.1) is 0 Å². The molecule has 0 saturated heterocycles. The molecule has 0 rings (SSSR count). The maximum atomic E-state index is 10.7. The molecule has 0 amide bonds. The Morgan fingerprint density at radius 1 is 1.35 bits per heavy atom. The summed E-state index contributed by atoms with van der Waals surface area (Å²) in [5.74, 6) is -0.546. The van der Waals surface area contributed by atoms with Crippen LogP contribution in [0.25, 0.3) is 0 Å². The summed E-state index contributed by atoms with van der Waals surface area (Å²) < 4.78 is 0. The molecule has 4 heteroatoms. The average Bonchev–Trinajstić information content (AvgIpc) is 2.23. The number of hydrogen-bond donors (Lipinski definition) is 3. The fourth-order valence-corrected chi connectivity index (χ4v) is 1.58. The molecule has 0 saturated carbocycles. The van der Waals surface area contributed by atoms with Gasteiger partial charge >= 0.3 is 5.97 Å². The summed E-state index contributed by atoms with van der Waals surface area (Å²) in [5, 5.41) is 11.7. The normalized spacial score (nSPS) is 13.3. The van der Waals surface area contributed by atoms with Gasteiger partial charge in [-0.15, -0.1) is 0 Å². The lowest BCUT2D eigenvalue weighted by molar-refractivity contribution is -0.138. The highest BCUT2D eigenvalue weighted by Gasteiger charge is 2.12. The van der Waals surface area contributed by atoms with Gasteiger partial charge in [-0.3, -0.25) is 4.79 Å². The third kappa shape index (κ3) is 9.01. The quantitative estimate of drug-likeness (QED) is 0.463. The van der Waals surface area contributed by atoms with Crippen molar-refractivity contribution in [1.29, 1.82) is 0 Å². The van der Waals surface area contributed by atoms with Gasteiger partial charge in [0.2, 0.25) is 0 Å². The molecule has 0 fully saturated rings. The van der Waals surface area contributed by atoms with Crippen molar-refractivity contribution in [2.24, 2.45) is 0 Å². The lowest BCUT2D eigenvalue weighted by atomic mass is 10.1. The number of rotatable bonds is 8. The lowest BCUT2D eigenvalue weighted by Crippen LogP contribution is -2.38. The number of aliphatic carboxylic acids is 1. The van der Waals surface area contributed by atoms with Gasteiger partial charge in [-0.1, -0.05) is 23.3 Å². The summed E-state index contributed by atoms with van der Waals surface area (Å²) in [7, 11) is 0. The summed E-state index contributed by atoms with van der Waals surface area (Å²) >= 11 is 3.99. The van der Waals surface area contributed by atoms with Crippen LogP contribution in [0, 0.1) is 0 Å². The highest BCUT2D eigenvalue weighted by atomic mass is 32.1. The van der Waals surface area contributed by atoms with E-state index >= 15 is 0 Å². The van der Waals surface area contributed by atoms with Crippen LogP contribution in [0.3, 0.4) is 0 Å². The molecule has 2 N–H and O–H groups in total. The highest BCUT2D eigenvalue weighted by Crippen LogP contribution is 2.05.